The van der Waals surface area contributed by atoms with Crippen LogP contribution in [0.25, 0.3) is 0 Å². The fraction of sp³-hybridized carbons (Fsp3) is 0.769. The lowest BCUT2D eigenvalue weighted by atomic mass is 10.0. The molecule has 3 aliphatic rings. The molecule has 2 unspecified atom stereocenters. The van der Waals surface area contributed by atoms with Crippen LogP contribution >= 0.6 is 0 Å². The Hall–Kier alpha value is -2.42. The normalized spacial score (nSPS) is 24.4. The molecule has 0 aliphatic carbocycles. The van der Waals surface area contributed by atoms with Gasteiger partial charge in [0.25, 0.3) is 0 Å². The number of nitrogens with one attached hydrogen (secondary N) is 1. The molecular weight excluding hydrogens is 444 g/mol. The maximum Gasteiger partial charge on any atom is 0.315 e. The van der Waals surface area contributed by atoms with E-state index in [1.165, 1.54) is 25.7 Å². The van der Waals surface area contributed by atoms with Gasteiger partial charge in [-0.25, -0.2) is 4.98 Å². The van der Waals surface area contributed by atoms with Crippen molar-refractivity contribution in [2.24, 2.45) is 0 Å². The van der Waals surface area contributed by atoms with Crippen molar-refractivity contribution in [3.8, 4) is 0 Å². The molecule has 4 rings (SSSR count). The predicted molar refractivity (Wildman–Crippen MR) is 136 cm³/mol. The molecule has 3 fully saturated rings. The number of carbonyl (C=O) groups excluding carboxylic acids is 2. The van der Waals surface area contributed by atoms with E-state index in [2.05, 4.69) is 20.1 Å². The number of carbonyl (C=O) groups is 2. The highest BCUT2D eigenvalue weighted by molar-refractivity contribution is 5.94. The van der Waals surface area contributed by atoms with Gasteiger partial charge >= 0.3 is 5.97 Å². The van der Waals surface area contributed by atoms with E-state index in [9.17, 15) is 9.59 Å². The molecule has 1 N–H and O–H groups in total. The first-order valence-electron chi connectivity index (χ1n) is 13.6. The standard InChI is InChI=1S/C26H42N6O3/c1-2-35-25(34)18-24(33)32-17-9-11-22(20-32)31-16-8-5-10-21(19-31)28-26-27-13-12-23(29-26)30-14-6-3-4-7-15-30/h12-13,21-22H,2-11,14-20H2,1H3,(H,27,28,29). The summed E-state index contributed by atoms with van der Waals surface area (Å²) >= 11 is 0. The van der Waals surface area contributed by atoms with Gasteiger partial charge in [0.1, 0.15) is 12.2 Å². The molecule has 9 heteroatoms. The highest BCUT2D eigenvalue weighted by Gasteiger charge is 2.31. The lowest BCUT2D eigenvalue weighted by molar-refractivity contribution is -0.149. The van der Waals surface area contributed by atoms with Gasteiger partial charge in [-0.05, 0) is 58.1 Å². The second-order valence-corrected chi connectivity index (χ2v) is 10.1. The lowest BCUT2D eigenvalue weighted by Crippen LogP contribution is -2.52. The number of hydrogen-bond acceptors (Lipinski definition) is 8. The number of nitrogens with zero attached hydrogens (tertiary/aromatic N) is 5. The number of aromatic nitrogens is 2. The third-order valence-corrected chi connectivity index (χ3v) is 7.47. The maximum absolute atomic E-state index is 12.6. The van der Waals surface area contributed by atoms with Crippen molar-refractivity contribution in [3.63, 3.8) is 0 Å². The largest absolute Gasteiger partial charge is 0.466 e. The number of amides is 1. The van der Waals surface area contributed by atoms with Gasteiger partial charge in [-0.2, -0.15) is 4.98 Å². The molecule has 3 aliphatic heterocycles. The zero-order valence-corrected chi connectivity index (χ0v) is 21.3. The Morgan fingerprint density at radius 2 is 1.80 bits per heavy atom. The molecule has 2 atom stereocenters. The van der Waals surface area contributed by atoms with E-state index in [1.807, 2.05) is 17.2 Å². The van der Waals surface area contributed by atoms with E-state index in [0.29, 0.717) is 25.1 Å². The van der Waals surface area contributed by atoms with Crippen molar-refractivity contribution in [1.29, 1.82) is 0 Å². The Labute approximate surface area is 209 Å². The van der Waals surface area contributed by atoms with Crippen LogP contribution in [0.4, 0.5) is 11.8 Å². The molecule has 0 aromatic carbocycles. The molecular formula is C26H42N6O3. The van der Waals surface area contributed by atoms with Crippen LogP contribution in [-0.4, -0.2) is 89.6 Å². The van der Waals surface area contributed by atoms with Crippen molar-refractivity contribution in [2.75, 3.05) is 56.1 Å². The van der Waals surface area contributed by atoms with E-state index < -0.39 is 5.97 Å². The molecule has 1 aromatic heterocycles. The van der Waals surface area contributed by atoms with Crippen molar-refractivity contribution in [3.05, 3.63) is 12.3 Å². The Balaban J connectivity index is 1.34. The summed E-state index contributed by atoms with van der Waals surface area (Å²) in [5.74, 6) is 1.20. The molecule has 35 heavy (non-hydrogen) atoms. The summed E-state index contributed by atoms with van der Waals surface area (Å²) in [6, 6.07) is 2.63. The molecule has 0 bridgehead atoms. The average molecular weight is 487 g/mol. The summed E-state index contributed by atoms with van der Waals surface area (Å²) in [6.45, 7) is 7.58. The quantitative estimate of drug-likeness (QED) is 0.465. The first-order valence-corrected chi connectivity index (χ1v) is 13.6. The van der Waals surface area contributed by atoms with Crippen LogP contribution in [0.1, 0.15) is 71.1 Å². The highest BCUT2D eigenvalue weighted by atomic mass is 16.5. The van der Waals surface area contributed by atoms with E-state index in [0.717, 1.165) is 70.6 Å². The zero-order chi connectivity index (χ0) is 24.5. The zero-order valence-electron chi connectivity index (χ0n) is 21.3. The summed E-state index contributed by atoms with van der Waals surface area (Å²) in [7, 11) is 0. The summed E-state index contributed by atoms with van der Waals surface area (Å²) in [5, 5.41) is 3.63. The van der Waals surface area contributed by atoms with Gasteiger partial charge in [0.2, 0.25) is 11.9 Å². The Morgan fingerprint density at radius 3 is 2.60 bits per heavy atom. The van der Waals surface area contributed by atoms with E-state index >= 15 is 0 Å². The van der Waals surface area contributed by atoms with Gasteiger partial charge in [0, 0.05) is 51.0 Å². The van der Waals surface area contributed by atoms with Crippen LogP contribution in [-0.2, 0) is 14.3 Å². The number of anilines is 2. The molecule has 4 heterocycles. The average Bonchev–Trinajstić information content (AvgIpc) is 3.28. The molecule has 1 amide bonds. The third-order valence-electron chi connectivity index (χ3n) is 7.47. The van der Waals surface area contributed by atoms with E-state index in [4.69, 9.17) is 9.72 Å². The molecule has 194 valence electrons. The number of rotatable bonds is 7. The number of hydrogen-bond donors (Lipinski definition) is 1. The maximum atomic E-state index is 12.6. The minimum atomic E-state index is -0.430. The Bertz CT molecular complexity index is 829. The minimum Gasteiger partial charge on any atom is -0.466 e. The molecule has 0 radical (unpaired) electrons. The summed E-state index contributed by atoms with van der Waals surface area (Å²) in [5.41, 5.74) is 0. The number of esters is 1. The first-order chi connectivity index (χ1) is 17.1. The van der Waals surface area contributed by atoms with Crippen molar-refractivity contribution < 1.29 is 14.3 Å². The number of likely N-dealkylation sites (tertiary alicyclic amines) is 2. The molecule has 0 saturated carbocycles. The van der Waals surface area contributed by atoms with Crippen LogP contribution in [0.15, 0.2) is 12.3 Å². The first kappa shape index (κ1) is 25.7. The molecule has 1 aromatic rings. The van der Waals surface area contributed by atoms with Gasteiger partial charge in [0.05, 0.1) is 6.61 Å². The van der Waals surface area contributed by atoms with Crippen molar-refractivity contribution >= 4 is 23.6 Å². The van der Waals surface area contributed by atoms with Gasteiger partial charge in [-0.1, -0.05) is 19.3 Å². The van der Waals surface area contributed by atoms with Gasteiger partial charge in [-0.15, -0.1) is 0 Å². The number of ether oxygens (including phenoxy) is 1. The second kappa shape index (κ2) is 13.0. The van der Waals surface area contributed by atoms with Crippen LogP contribution in [0.5, 0.6) is 0 Å². The molecule has 3 saturated heterocycles. The lowest BCUT2D eigenvalue weighted by Gasteiger charge is -2.40. The van der Waals surface area contributed by atoms with E-state index in [1.54, 1.807) is 6.92 Å². The van der Waals surface area contributed by atoms with Gasteiger partial charge in [0.15, 0.2) is 0 Å². The smallest absolute Gasteiger partial charge is 0.315 e. The monoisotopic (exact) mass is 486 g/mol. The third kappa shape index (κ3) is 7.53. The summed E-state index contributed by atoms with van der Waals surface area (Å²) < 4.78 is 4.97. The van der Waals surface area contributed by atoms with Crippen LogP contribution < -0.4 is 10.2 Å². The second-order valence-electron chi connectivity index (χ2n) is 10.1. The highest BCUT2D eigenvalue weighted by Crippen LogP contribution is 2.23. The fourth-order valence-corrected chi connectivity index (χ4v) is 5.62. The van der Waals surface area contributed by atoms with Crippen molar-refractivity contribution in [1.82, 2.24) is 19.8 Å². The van der Waals surface area contributed by atoms with Gasteiger partial charge in [-0.3, -0.25) is 14.5 Å². The Morgan fingerprint density at radius 1 is 1.00 bits per heavy atom. The summed E-state index contributed by atoms with van der Waals surface area (Å²) in [4.78, 5) is 40.6. The van der Waals surface area contributed by atoms with E-state index in [-0.39, 0.29) is 18.4 Å². The summed E-state index contributed by atoms with van der Waals surface area (Å²) in [6.07, 6.45) is 12.2. The van der Waals surface area contributed by atoms with Crippen LogP contribution in [0, 0.1) is 0 Å². The predicted octanol–water partition coefficient (Wildman–Crippen LogP) is 3.07. The minimum absolute atomic E-state index is 0.114. The molecule has 0 spiro atoms. The van der Waals surface area contributed by atoms with Crippen LogP contribution in [0.2, 0.25) is 0 Å². The van der Waals surface area contributed by atoms with Crippen molar-refractivity contribution in [2.45, 2.75) is 83.2 Å². The SMILES string of the molecule is CCOC(=O)CC(=O)N1CCCC(N2CCCCC(Nc3nccc(N4CCCCCC4)n3)C2)C1. The Kier molecular flexibility index (Phi) is 9.57. The van der Waals surface area contributed by atoms with Gasteiger partial charge < -0.3 is 19.9 Å². The topological polar surface area (TPSA) is 90.9 Å². The molecule has 9 nitrogen and oxygen atoms in total. The fourth-order valence-electron chi connectivity index (χ4n) is 5.62. The van der Waals surface area contributed by atoms with Crippen LogP contribution in [0.3, 0.4) is 0 Å². The number of piperidine rings is 1.